The van der Waals surface area contributed by atoms with E-state index in [1.807, 2.05) is 31.2 Å². The first-order chi connectivity index (χ1) is 13.6. The van der Waals surface area contributed by atoms with Gasteiger partial charge < -0.3 is 19.5 Å². The van der Waals surface area contributed by atoms with E-state index in [0.717, 1.165) is 11.4 Å². The van der Waals surface area contributed by atoms with E-state index in [-0.39, 0.29) is 11.6 Å². The molecule has 0 fully saturated rings. The summed E-state index contributed by atoms with van der Waals surface area (Å²) in [5, 5.41) is 11.0. The molecule has 3 aromatic rings. The molecule has 0 aliphatic carbocycles. The van der Waals surface area contributed by atoms with Gasteiger partial charge >= 0.3 is 0 Å². The Morgan fingerprint density at radius 2 is 1.79 bits per heavy atom. The fraction of sp³-hybridized carbons (Fsp3) is 0.250. The number of aromatic nitrogens is 3. The Hall–Kier alpha value is -3.55. The molecule has 3 rings (SSSR count). The number of carbonyl (C=O) groups is 1. The van der Waals surface area contributed by atoms with Gasteiger partial charge in [-0.15, -0.1) is 5.10 Å². The minimum absolute atomic E-state index is 0.221. The van der Waals surface area contributed by atoms with Crippen LogP contribution in [0.2, 0.25) is 0 Å². The Morgan fingerprint density at radius 1 is 1.07 bits per heavy atom. The molecule has 28 heavy (non-hydrogen) atoms. The molecule has 8 nitrogen and oxygen atoms in total. The van der Waals surface area contributed by atoms with Crippen LogP contribution in [0.5, 0.6) is 17.2 Å². The minimum atomic E-state index is -0.388. The summed E-state index contributed by atoms with van der Waals surface area (Å²) in [6.07, 6.45) is 0. The Kier molecular flexibility index (Phi) is 5.78. The lowest BCUT2D eigenvalue weighted by molar-refractivity contribution is 0.102. The first kappa shape index (κ1) is 19.2. The highest BCUT2D eigenvalue weighted by Crippen LogP contribution is 2.29. The smallest absolute Gasteiger partial charge is 0.278 e. The Bertz CT molecular complexity index is 967. The number of anilines is 1. The summed E-state index contributed by atoms with van der Waals surface area (Å²) in [5.41, 5.74) is 2.11. The van der Waals surface area contributed by atoms with Crippen molar-refractivity contribution >= 4 is 11.6 Å². The largest absolute Gasteiger partial charge is 0.497 e. The number of rotatable bonds is 7. The van der Waals surface area contributed by atoms with Crippen molar-refractivity contribution in [2.24, 2.45) is 0 Å². The summed E-state index contributed by atoms with van der Waals surface area (Å²) in [4.78, 5) is 12.7. The van der Waals surface area contributed by atoms with E-state index in [1.54, 1.807) is 36.9 Å². The number of nitrogens with zero attached hydrogens (tertiary/aromatic N) is 3. The molecule has 1 N–H and O–H groups in total. The fourth-order valence-corrected chi connectivity index (χ4v) is 2.73. The molecule has 0 radical (unpaired) electrons. The van der Waals surface area contributed by atoms with Gasteiger partial charge in [0, 0.05) is 6.07 Å². The lowest BCUT2D eigenvalue weighted by Crippen LogP contribution is -2.15. The van der Waals surface area contributed by atoms with Crippen LogP contribution in [0.3, 0.4) is 0 Å². The average molecular weight is 382 g/mol. The van der Waals surface area contributed by atoms with Gasteiger partial charge in [0.15, 0.2) is 5.69 Å². The molecule has 0 aliphatic rings. The standard InChI is InChI=1S/C20H22N4O4/c1-5-28-15-8-6-14(7-9-15)24-13(2)19(22-23-24)20(25)21-17-12-16(26-3)10-11-18(17)27-4/h6-12H,5H2,1-4H3,(H,21,25). The Morgan fingerprint density at radius 3 is 2.43 bits per heavy atom. The van der Waals surface area contributed by atoms with Crippen molar-refractivity contribution in [3.63, 3.8) is 0 Å². The maximum Gasteiger partial charge on any atom is 0.278 e. The van der Waals surface area contributed by atoms with Gasteiger partial charge in [-0.25, -0.2) is 4.68 Å². The zero-order valence-corrected chi connectivity index (χ0v) is 16.2. The van der Waals surface area contributed by atoms with Gasteiger partial charge in [-0.1, -0.05) is 5.21 Å². The maximum atomic E-state index is 12.7. The van der Waals surface area contributed by atoms with Crippen LogP contribution in [0.25, 0.3) is 5.69 Å². The van der Waals surface area contributed by atoms with Gasteiger partial charge in [0.05, 0.1) is 37.9 Å². The Labute approximate surface area is 163 Å². The first-order valence-corrected chi connectivity index (χ1v) is 8.76. The highest BCUT2D eigenvalue weighted by atomic mass is 16.5. The molecule has 1 heterocycles. The third-order valence-corrected chi connectivity index (χ3v) is 4.16. The van der Waals surface area contributed by atoms with Crippen LogP contribution < -0.4 is 19.5 Å². The molecule has 0 saturated carbocycles. The first-order valence-electron chi connectivity index (χ1n) is 8.76. The molecule has 1 aromatic heterocycles. The van der Waals surface area contributed by atoms with Crippen molar-refractivity contribution in [1.82, 2.24) is 15.0 Å². The van der Waals surface area contributed by atoms with Gasteiger partial charge in [-0.3, -0.25) is 4.79 Å². The summed E-state index contributed by atoms with van der Waals surface area (Å²) in [7, 11) is 3.09. The summed E-state index contributed by atoms with van der Waals surface area (Å²) in [5.74, 6) is 1.50. The normalized spacial score (nSPS) is 10.4. The molecule has 1 amide bonds. The second-order valence-electron chi connectivity index (χ2n) is 5.88. The molecule has 0 saturated heterocycles. The van der Waals surface area contributed by atoms with Crippen molar-refractivity contribution in [3.05, 3.63) is 53.9 Å². The lowest BCUT2D eigenvalue weighted by Gasteiger charge is -2.11. The van der Waals surface area contributed by atoms with E-state index in [1.165, 1.54) is 7.11 Å². The van der Waals surface area contributed by atoms with Gasteiger partial charge in [-0.2, -0.15) is 0 Å². The predicted molar refractivity (Wildman–Crippen MR) is 105 cm³/mol. The number of nitrogens with one attached hydrogen (secondary N) is 1. The molecule has 0 spiro atoms. The SMILES string of the molecule is CCOc1ccc(-n2nnc(C(=O)Nc3cc(OC)ccc3OC)c2C)cc1. The van der Waals surface area contributed by atoms with Crippen LogP contribution in [-0.2, 0) is 0 Å². The van der Waals surface area contributed by atoms with Crippen LogP contribution in [0.15, 0.2) is 42.5 Å². The molecule has 0 atom stereocenters. The number of amides is 1. The molecule has 8 heteroatoms. The highest BCUT2D eigenvalue weighted by molar-refractivity contribution is 6.04. The van der Waals surface area contributed by atoms with Gasteiger partial charge in [0.2, 0.25) is 0 Å². The Balaban J connectivity index is 1.84. The quantitative estimate of drug-likeness (QED) is 0.675. The van der Waals surface area contributed by atoms with Crippen molar-refractivity contribution < 1.29 is 19.0 Å². The number of benzene rings is 2. The zero-order valence-electron chi connectivity index (χ0n) is 16.2. The summed E-state index contributed by atoms with van der Waals surface area (Å²) in [6.45, 7) is 4.31. The zero-order chi connectivity index (χ0) is 20.1. The van der Waals surface area contributed by atoms with E-state index >= 15 is 0 Å². The topological polar surface area (TPSA) is 87.5 Å². The van der Waals surface area contributed by atoms with Crippen molar-refractivity contribution in [2.75, 3.05) is 26.1 Å². The van der Waals surface area contributed by atoms with Crippen LogP contribution in [0.1, 0.15) is 23.1 Å². The number of hydrogen-bond acceptors (Lipinski definition) is 6. The number of methoxy groups -OCH3 is 2. The maximum absolute atomic E-state index is 12.7. The van der Waals surface area contributed by atoms with Gasteiger partial charge in [0.1, 0.15) is 17.2 Å². The molecule has 0 aliphatic heterocycles. The van der Waals surface area contributed by atoms with E-state index in [2.05, 4.69) is 15.6 Å². The predicted octanol–water partition coefficient (Wildman–Crippen LogP) is 3.24. The molecular formula is C20H22N4O4. The minimum Gasteiger partial charge on any atom is -0.497 e. The second-order valence-corrected chi connectivity index (χ2v) is 5.88. The molecule has 0 bridgehead atoms. The number of hydrogen-bond donors (Lipinski definition) is 1. The van der Waals surface area contributed by atoms with Crippen molar-refractivity contribution in [1.29, 1.82) is 0 Å². The summed E-state index contributed by atoms with van der Waals surface area (Å²) >= 11 is 0. The van der Waals surface area contributed by atoms with Crippen LogP contribution >= 0.6 is 0 Å². The van der Waals surface area contributed by atoms with E-state index in [4.69, 9.17) is 14.2 Å². The highest BCUT2D eigenvalue weighted by Gasteiger charge is 2.19. The molecular weight excluding hydrogens is 360 g/mol. The summed E-state index contributed by atoms with van der Waals surface area (Å²) < 4.78 is 17.5. The second kappa shape index (κ2) is 8.43. The summed E-state index contributed by atoms with van der Waals surface area (Å²) in [6, 6.07) is 12.6. The average Bonchev–Trinajstić information content (AvgIpc) is 3.10. The fourth-order valence-electron chi connectivity index (χ4n) is 2.73. The lowest BCUT2D eigenvalue weighted by atomic mass is 10.2. The van der Waals surface area contributed by atoms with Crippen LogP contribution in [0.4, 0.5) is 5.69 Å². The van der Waals surface area contributed by atoms with E-state index in [0.29, 0.717) is 29.5 Å². The molecule has 146 valence electrons. The molecule has 2 aromatic carbocycles. The monoisotopic (exact) mass is 382 g/mol. The third kappa shape index (κ3) is 3.90. The van der Waals surface area contributed by atoms with Gasteiger partial charge in [-0.05, 0) is 50.2 Å². The number of carbonyl (C=O) groups excluding carboxylic acids is 1. The number of ether oxygens (including phenoxy) is 3. The molecule has 0 unspecified atom stereocenters. The van der Waals surface area contributed by atoms with E-state index in [9.17, 15) is 4.79 Å². The third-order valence-electron chi connectivity index (χ3n) is 4.16. The van der Waals surface area contributed by atoms with Crippen molar-refractivity contribution in [2.45, 2.75) is 13.8 Å². The van der Waals surface area contributed by atoms with Crippen molar-refractivity contribution in [3.8, 4) is 22.9 Å². The van der Waals surface area contributed by atoms with Crippen LogP contribution in [0, 0.1) is 6.92 Å². The van der Waals surface area contributed by atoms with E-state index < -0.39 is 0 Å². The van der Waals surface area contributed by atoms with Crippen LogP contribution in [-0.4, -0.2) is 41.7 Å². The van der Waals surface area contributed by atoms with Gasteiger partial charge in [0.25, 0.3) is 5.91 Å².